The van der Waals surface area contributed by atoms with Crippen molar-refractivity contribution in [3.05, 3.63) is 81.3 Å². The van der Waals surface area contributed by atoms with Gasteiger partial charge in [-0.15, -0.1) is 0 Å². The summed E-state index contributed by atoms with van der Waals surface area (Å²) in [6.45, 7) is 1.27. The molecule has 1 aliphatic carbocycles. The van der Waals surface area contributed by atoms with Gasteiger partial charge in [-0.3, -0.25) is 9.59 Å². The maximum absolute atomic E-state index is 14.2. The van der Waals surface area contributed by atoms with E-state index in [9.17, 15) is 9.59 Å². The van der Waals surface area contributed by atoms with Gasteiger partial charge in [0.2, 0.25) is 0 Å². The first-order valence-electron chi connectivity index (χ1n) is 14.8. The third kappa shape index (κ3) is 5.95. The SMILES string of the molecule is COc1cccc(-c2nc3cc(OC)c(OC)cc3cc2CN(CC2CCCO2)C(=O)c2cc3c([nH]c2=O)CCCC3)c1. The van der Waals surface area contributed by atoms with E-state index in [1.54, 1.807) is 32.3 Å². The van der Waals surface area contributed by atoms with Crippen molar-refractivity contribution < 1.29 is 23.7 Å². The number of benzene rings is 2. The van der Waals surface area contributed by atoms with E-state index in [0.29, 0.717) is 36.1 Å². The van der Waals surface area contributed by atoms with Crippen LogP contribution in [0.2, 0.25) is 0 Å². The quantitative estimate of drug-likeness (QED) is 0.285. The second kappa shape index (κ2) is 12.5. The molecule has 2 aromatic carbocycles. The van der Waals surface area contributed by atoms with Crippen LogP contribution in [0.25, 0.3) is 22.2 Å². The average molecular weight is 584 g/mol. The van der Waals surface area contributed by atoms with E-state index in [2.05, 4.69) is 4.98 Å². The maximum atomic E-state index is 14.2. The second-order valence-corrected chi connectivity index (χ2v) is 11.2. The van der Waals surface area contributed by atoms with Gasteiger partial charge in [0.1, 0.15) is 11.3 Å². The third-order valence-corrected chi connectivity index (χ3v) is 8.41. The van der Waals surface area contributed by atoms with E-state index in [0.717, 1.165) is 71.8 Å². The average Bonchev–Trinajstić information content (AvgIpc) is 3.56. The van der Waals surface area contributed by atoms with Gasteiger partial charge in [0.25, 0.3) is 11.5 Å². The van der Waals surface area contributed by atoms with E-state index in [4.69, 9.17) is 23.9 Å². The zero-order chi connectivity index (χ0) is 29.9. The van der Waals surface area contributed by atoms with Gasteiger partial charge in [-0.25, -0.2) is 4.98 Å². The summed E-state index contributed by atoms with van der Waals surface area (Å²) in [5.74, 6) is 1.55. The summed E-state index contributed by atoms with van der Waals surface area (Å²) in [6, 6.07) is 15.3. The number of aromatic nitrogens is 2. The molecule has 1 N–H and O–H groups in total. The van der Waals surface area contributed by atoms with Gasteiger partial charge < -0.3 is 28.8 Å². The molecule has 1 aliphatic heterocycles. The number of hydrogen-bond donors (Lipinski definition) is 1. The molecule has 0 saturated carbocycles. The Morgan fingerprint density at radius 2 is 1.81 bits per heavy atom. The Balaban J connectivity index is 1.47. The molecular formula is C34H37N3O6. The van der Waals surface area contributed by atoms with Gasteiger partial charge in [0.05, 0.1) is 38.6 Å². The Hall–Kier alpha value is -4.37. The number of aromatic amines is 1. The third-order valence-electron chi connectivity index (χ3n) is 8.41. The molecule has 9 nitrogen and oxygen atoms in total. The minimum absolute atomic E-state index is 0.0984. The fourth-order valence-electron chi connectivity index (χ4n) is 6.15. The zero-order valence-electron chi connectivity index (χ0n) is 24.9. The van der Waals surface area contributed by atoms with E-state index < -0.39 is 0 Å². The number of hydrogen-bond acceptors (Lipinski definition) is 7. The van der Waals surface area contributed by atoms with Crippen molar-refractivity contribution in [1.29, 1.82) is 0 Å². The van der Waals surface area contributed by atoms with Crippen LogP contribution in [0.5, 0.6) is 17.2 Å². The normalized spacial score (nSPS) is 16.1. The van der Waals surface area contributed by atoms with Gasteiger partial charge in [-0.05, 0) is 80.0 Å². The molecule has 9 heteroatoms. The molecule has 1 atom stereocenters. The smallest absolute Gasteiger partial charge is 0.261 e. The number of carbonyl (C=O) groups excluding carboxylic acids is 1. The first kappa shape index (κ1) is 28.7. The fourth-order valence-corrected chi connectivity index (χ4v) is 6.15. The lowest BCUT2D eigenvalue weighted by Crippen LogP contribution is -2.40. The van der Waals surface area contributed by atoms with E-state index in [1.807, 2.05) is 42.5 Å². The topological polar surface area (TPSA) is 103 Å². The molecule has 43 heavy (non-hydrogen) atoms. The molecule has 3 heterocycles. The predicted molar refractivity (Wildman–Crippen MR) is 164 cm³/mol. The van der Waals surface area contributed by atoms with Crippen LogP contribution in [0.15, 0.2) is 53.3 Å². The molecule has 1 fully saturated rings. The number of carbonyl (C=O) groups is 1. The monoisotopic (exact) mass is 583 g/mol. The summed E-state index contributed by atoms with van der Waals surface area (Å²) in [6.07, 6.45) is 5.49. The number of nitrogens with zero attached hydrogens (tertiary/aromatic N) is 2. The summed E-state index contributed by atoms with van der Waals surface area (Å²) < 4.78 is 22.6. The lowest BCUT2D eigenvalue weighted by Gasteiger charge is -2.27. The molecule has 1 amide bonds. The molecule has 0 radical (unpaired) electrons. The largest absolute Gasteiger partial charge is 0.497 e. The molecule has 6 rings (SSSR count). The van der Waals surface area contributed by atoms with E-state index in [-0.39, 0.29) is 29.7 Å². The van der Waals surface area contributed by atoms with Crippen LogP contribution in [-0.2, 0) is 24.1 Å². The summed E-state index contributed by atoms with van der Waals surface area (Å²) in [5, 5.41) is 0.843. The first-order valence-corrected chi connectivity index (χ1v) is 14.8. The maximum Gasteiger partial charge on any atom is 0.261 e. The highest BCUT2D eigenvalue weighted by Crippen LogP contribution is 2.35. The van der Waals surface area contributed by atoms with Crippen molar-refractivity contribution in [2.45, 2.75) is 51.2 Å². The van der Waals surface area contributed by atoms with Crippen LogP contribution in [0.1, 0.15) is 52.9 Å². The Labute approximate surface area is 250 Å². The van der Waals surface area contributed by atoms with Crippen molar-refractivity contribution in [3.63, 3.8) is 0 Å². The van der Waals surface area contributed by atoms with Gasteiger partial charge in [0, 0.05) is 42.4 Å². The first-order chi connectivity index (χ1) is 21.0. The number of amides is 1. The zero-order valence-corrected chi connectivity index (χ0v) is 24.9. The Morgan fingerprint density at radius 1 is 1.00 bits per heavy atom. The molecule has 4 aromatic rings. The number of fused-ring (bicyclic) bond motifs is 2. The van der Waals surface area contributed by atoms with Crippen molar-refractivity contribution >= 4 is 16.8 Å². The lowest BCUT2D eigenvalue weighted by atomic mass is 9.94. The number of ether oxygens (including phenoxy) is 4. The molecule has 1 saturated heterocycles. The second-order valence-electron chi connectivity index (χ2n) is 11.2. The van der Waals surface area contributed by atoms with Crippen LogP contribution in [0.3, 0.4) is 0 Å². The van der Waals surface area contributed by atoms with Crippen molar-refractivity contribution in [2.75, 3.05) is 34.5 Å². The van der Waals surface area contributed by atoms with Crippen molar-refractivity contribution in [1.82, 2.24) is 14.9 Å². The van der Waals surface area contributed by atoms with Crippen LogP contribution in [-0.4, -0.2) is 61.4 Å². The number of aryl methyl sites for hydroxylation is 2. The molecule has 224 valence electrons. The predicted octanol–water partition coefficient (Wildman–Crippen LogP) is 5.32. The molecule has 2 aromatic heterocycles. The molecule has 2 aliphatic rings. The summed E-state index contributed by atoms with van der Waals surface area (Å²) in [5.41, 5.74) is 4.94. The Kier molecular flexibility index (Phi) is 8.33. The van der Waals surface area contributed by atoms with Gasteiger partial charge in [-0.1, -0.05) is 12.1 Å². The molecular weight excluding hydrogens is 546 g/mol. The molecule has 1 unspecified atom stereocenters. The van der Waals surface area contributed by atoms with Crippen molar-refractivity contribution in [2.24, 2.45) is 0 Å². The summed E-state index contributed by atoms with van der Waals surface area (Å²) in [7, 11) is 4.82. The highest BCUT2D eigenvalue weighted by atomic mass is 16.5. The number of nitrogens with one attached hydrogen (secondary N) is 1. The van der Waals surface area contributed by atoms with Crippen LogP contribution >= 0.6 is 0 Å². The highest BCUT2D eigenvalue weighted by Gasteiger charge is 2.28. The number of rotatable bonds is 9. The van der Waals surface area contributed by atoms with E-state index >= 15 is 0 Å². The van der Waals surface area contributed by atoms with Crippen LogP contribution in [0.4, 0.5) is 0 Å². The fraction of sp³-hybridized carbons (Fsp3) is 0.382. The molecule has 0 bridgehead atoms. The minimum atomic E-state index is -0.343. The number of methoxy groups -OCH3 is 3. The van der Waals surface area contributed by atoms with E-state index in [1.165, 1.54) is 0 Å². The van der Waals surface area contributed by atoms with Crippen LogP contribution < -0.4 is 19.8 Å². The summed E-state index contributed by atoms with van der Waals surface area (Å²) >= 11 is 0. The van der Waals surface area contributed by atoms with Gasteiger partial charge in [-0.2, -0.15) is 0 Å². The Morgan fingerprint density at radius 3 is 2.58 bits per heavy atom. The van der Waals surface area contributed by atoms with Gasteiger partial charge in [0.15, 0.2) is 11.5 Å². The van der Waals surface area contributed by atoms with Crippen molar-refractivity contribution in [3.8, 4) is 28.5 Å². The van der Waals surface area contributed by atoms with Gasteiger partial charge >= 0.3 is 0 Å². The minimum Gasteiger partial charge on any atom is -0.497 e. The lowest BCUT2D eigenvalue weighted by molar-refractivity contribution is 0.0506. The highest BCUT2D eigenvalue weighted by molar-refractivity contribution is 5.94. The molecule has 0 spiro atoms. The Bertz CT molecular complexity index is 1710. The number of H-pyrrole nitrogens is 1. The standard InChI is InChI=1S/C34H37N3O6/c1-40-25-10-6-9-22(15-25)32-24(14-23-17-30(41-2)31(42-3)18-29(23)35-32)19-37(20-26-11-7-13-43-26)34(39)27-16-21-8-4-5-12-28(21)36-33(27)38/h6,9-10,14-18,26H,4-5,7-8,11-13,19-20H2,1-3H3,(H,36,38). The summed E-state index contributed by atoms with van der Waals surface area (Å²) in [4.78, 5) is 37.2. The van der Waals surface area contributed by atoms with Crippen LogP contribution in [0, 0.1) is 0 Å². The number of pyridine rings is 2.